The summed E-state index contributed by atoms with van der Waals surface area (Å²) in [6.45, 7) is 9.33. The van der Waals surface area contributed by atoms with E-state index < -0.39 is 11.9 Å². The molecule has 0 bridgehead atoms. The molecule has 1 saturated heterocycles. The van der Waals surface area contributed by atoms with Gasteiger partial charge in [0.25, 0.3) is 0 Å². The van der Waals surface area contributed by atoms with Crippen molar-refractivity contribution in [3.05, 3.63) is 0 Å². The highest BCUT2D eigenvalue weighted by molar-refractivity contribution is 5.78. The molecule has 20 heavy (non-hydrogen) atoms. The van der Waals surface area contributed by atoms with Gasteiger partial charge in [0.1, 0.15) is 0 Å². The number of carbonyl (C=O) groups is 2. The monoisotopic (exact) mass is 286 g/mol. The van der Waals surface area contributed by atoms with Gasteiger partial charge in [0.15, 0.2) is 0 Å². The number of ether oxygens (including phenoxy) is 1. The van der Waals surface area contributed by atoms with Gasteiger partial charge in [-0.15, -0.1) is 0 Å². The Morgan fingerprint density at radius 2 is 2.10 bits per heavy atom. The highest BCUT2D eigenvalue weighted by Gasteiger charge is 2.38. The summed E-state index contributed by atoms with van der Waals surface area (Å²) in [5.74, 6) is -1.04. The highest BCUT2D eigenvalue weighted by atomic mass is 16.5. The predicted molar refractivity (Wildman–Crippen MR) is 75.6 cm³/mol. The maximum Gasteiger partial charge on any atom is 0.317 e. The largest absolute Gasteiger partial charge is 0.481 e. The zero-order valence-electron chi connectivity index (χ0n) is 12.8. The van der Waals surface area contributed by atoms with E-state index in [-0.39, 0.29) is 24.0 Å². The molecule has 0 aromatic carbocycles. The van der Waals surface area contributed by atoms with E-state index in [9.17, 15) is 9.59 Å². The lowest BCUT2D eigenvalue weighted by Crippen LogP contribution is -2.50. The fourth-order valence-corrected chi connectivity index (χ4v) is 2.44. The molecule has 2 N–H and O–H groups in total. The molecule has 0 aromatic heterocycles. The van der Waals surface area contributed by atoms with Gasteiger partial charge >= 0.3 is 12.0 Å². The van der Waals surface area contributed by atoms with Gasteiger partial charge in [-0.3, -0.25) is 4.79 Å². The van der Waals surface area contributed by atoms with Crippen molar-refractivity contribution in [3.63, 3.8) is 0 Å². The van der Waals surface area contributed by atoms with Crippen molar-refractivity contribution in [2.45, 2.75) is 46.2 Å². The number of carbonyl (C=O) groups excluding carboxylic acids is 1. The van der Waals surface area contributed by atoms with Crippen LogP contribution in [0.25, 0.3) is 0 Å². The Labute approximate surface area is 120 Å². The third-order valence-corrected chi connectivity index (χ3v) is 3.95. The second-order valence-corrected chi connectivity index (χ2v) is 5.63. The van der Waals surface area contributed by atoms with Crippen LogP contribution in [0.1, 0.15) is 34.1 Å². The maximum absolute atomic E-state index is 12.3. The van der Waals surface area contributed by atoms with Crippen LogP contribution in [-0.2, 0) is 9.53 Å². The fourth-order valence-electron chi connectivity index (χ4n) is 2.44. The molecular weight excluding hydrogens is 260 g/mol. The molecule has 1 aliphatic heterocycles. The number of carboxylic acids is 1. The molecule has 0 aromatic rings. The Kier molecular flexibility index (Phi) is 6.26. The summed E-state index contributed by atoms with van der Waals surface area (Å²) in [6.07, 6.45) is 0.516. The molecule has 3 unspecified atom stereocenters. The SMILES string of the molecule is CCOCC(NC(=O)N1CCC(C(=O)O)C1C)C(C)C. The minimum absolute atomic E-state index is 0.0569. The summed E-state index contributed by atoms with van der Waals surface area (Å²) in [4.78, 5) is 25.0. The zero-order valence-corrected chi connectivity index (χ0v) is 12.8. The van der Waals surface area contributed by atoms with E-state index in [0.29, 0.717) is 26.2 Å². The van der Waals surface area contributed by atoms with Crippen LogP contribution in [0.5, 0.6) is 0 Å². The summed E-state index contributed by atoms with van der Waals surface area (Å²) in [7, 11) is 0. The Morgan fingerprint density at radius 3 is 2.55 bits per heavy atom. The molecule has 1 aliphatic rings. The maximum atomic E-state index is 12.3. The number of rotatable bonds is 6. The fraction of sp³-hybridized carbons (Fsp3) is 0.857. The van der Waals surface area contributed by atoms with Gasteiger partial charge in [-0.25, -0.2) is 4.79 Å². The molecule has 116 valence electrons. The van der Waals surface area contributed by atoms with Gasteiger partial charge in [-0.2, -0.15) is 0 Å². The average Bonchev–Trinajstić information content (AvgIpc) is 2.75. The van der Waals surface area contributed by atoms with Crippen molar-refractivity contribution < 1.29 is 19.4 Å². The van der Waals surface area contributed by atoms with Gasteiger partial charge in [0, 0.05) is 19.2 Å². The van der Waals surface area contributed by atoms with Gasteiger partial charge in [-0.1, -0.05) is 13.8 Å². The molecule has 6 nitrogen and oxygen atoms in total. The average molecular weight is 286 g/mol. The highest BCUT2D eigenvalue weighted by Crippen LogP contribution is 2.24. The number of nitrogens with zero attached hydrogens (tertiary/aromatic N) is 1. The summed E-state index contributed by atoms with van der Waals surface area (Å²) in [6, 6.07) is -0.523. The second kappa shape index (κ2) is 7.47. The van der Waals surface area contributed by atoms with Crippen molar-refractivity contribution in [2.75, 3.05) is 19.8 Å². The lowest BCUT2D eigenvalue weighted by Gasteiger charge is -2.28. The van der Waals surface area contributed by atoms with Crippen LogP contribution in [0.4, 0.5) is 4.79 Å². The first-order valence-electron chi connectivity index (χ1n) is 7.26. The summed E-state index contributed by atoms with van der Waals surface area (Å²) < 4.78 is 5.38. The van der Waals surface area contributed by atoms with E-state index in [2.05, 4.69) is 5.32 Å². The van der Waals surface area contributed by atoms with Crippen LogP contribution >= 0.6 is 0 Å². The summed E-state index contributed by atoms with van der Waals surface area (Å²) >= 11 is 0. The first-order chi connectivity index (χ1) is 9.38. The van der Waals surface area contributed by atoms with Crippen LogP contribution in [-0.4, -0.2) is 53.8 Å². The molecule has 2 amide bonds. The predicted octanol–water partition coefficient (Wildman–Crippen LogP) is 1.55. The Morgan fingerprint density at radius 1 is 1.45 bits per heavy atom. The quantitative estimate of drug-likeness (QED) is 0.776. The van der Waals surface area contributed by atoms with E-state index in [1.807, 2.05) is 20.8 Å². The molecule has 0 saturated carbocycles. The van der Waals surface area contributed by atoms with Crippen molar-refractivity contribution in [1.29, 1.82) is 0 Å². The molecule has 1 rings (SSSR count). The molecule has 1 fully saturated rings. The molecule has 6 heteroatoms. The number of amides is 2. The van der Waals surface area contributed by atoms with Crippen LogP contribution in [0.2, 0.25) is 0 Å². The number of likely N-dealkylation sites (tertiary alicyclic amines) is 1. The molecule has 1 heterocycles. The first kappa shape index (κ1) is 16.8. The number of hydrogen-bond acceptors (Lipinski definition) is 3. The van der Waals surface area contributed by atoms with Gasteiger partial charge < -0.3 is 20.1 Å². The smallest absolute Gasteiger partial charge is 0.317 e. The van der Waals surface area contributed by atoms with Crippen LogP contribution < -0.4 is 5.32 Å². The summed E-state index contributed by atoms with van der Waals surface area (Å²) in [5.41, 5.74) is 0. The standard InChI is InChI=1S/C14H26N2O4/c1-5-20-8-12(9(2)3)15-14(19)16-7-6-11(10(16)4)13(17)18/h9-12H,5-8H2,1-4H3,(H,15,19)(H,17,18). The molecular formula is C14H26N2O4. The van der Waals surface area contributed by atoms with E-state index in [1.165, 1.54) is 0 Å². The van der Waals surface area contributed by atoms with Gasteiger partial charge in [-0.05, 0) is 26.2 Å². The third-order valence-electron chi connectivity index (χ3n) is 3.95. The number of nitrogens with one attached hydrogen (secondary N) is 1. The number of urea groups is 1. The van der Waals surface area contributed by atoms with Crippen molar-refractivity contribution >= 4 is 12.0 Å². The molecule has 0 radical (unpaired) electrons. The summed E-state index contributed by atoms with van der Waals surface area (Å²) in [5, 5.41) is 12.0. The lowest BCUT2D eigenvalue weighted by atomic mass is 10.0. The van der Waals surface area contributed by atoms with Crippen LogP contribution in [0.15, 0.2) is 0 Å². The van der Waals surface area contributed by atoms with Crippen LogP contribution in [0, 0.1) is 11.8 Å². The lowest BCUT2D eigenvalue weighted by molar-refractivity contribution is -0.142. The Bertz CT molecular complexity index is 346. The van der Waals surface area contributed by atoms with E-state index in [4.69, 9.17) is 9.84 Å². The number of carboxylic acid groups (broad SMARTS) is 1. The van der Waals surface area contributed by atoms with E-state index >= 15 is 0 Å². The Hall–Kier alpha value is -1.30. The van der Waals surface area contributed by atoms with E-state index in [1.54, 1.807) is 11.8 Å². The second-order valence-electron chi connectivity index (χ2n) is 5.63. The minimum atomic E-state index is -0.831. The van der Waals surface area contributed by atoms with Crippen molar-refractivity contribution in [1.82, 2.24) is 10.2 Å². The van der Waals surface area contributed by atoms with Gasteiger partial charge in [0.2, 0.25) is 0 Å². The molecule has 0 spiro atoms. The Balaban J connectivity index is 2.59. The minimum Gasteiger partial charge on any atom is -0.481 e. The number of aliphatic carboxylic acids is 1. The topological polar surface area (TPSA) is 78.9 Å². The van der Waals surface area contributed by atoms with Gasteiger partial charge in [0.05, 0.1) is 18.6 Å². The third kappa shape index (κ3) is 4.10. The van der Waals surface area contributed by atoms with Crippen molar-refractivity contribution in [2.24, 2.45) is 11.8 Å². The zero-order chi connectivity index (χ0) is 15.3. The van der Waals surface area contributed by atoms with E-state index in [0.717, 1.165) is 0 Å². The molecule has 0 aliphatic carbocycles. The van der Waals surface area contributed by atoms with Crippen LogP contribution in [0.3, 0.4) is 0 Å². The first-order valence-corrected chi connectivity index (χ1v) is 7.26. The normalized spacial score (nSPS) is 23.9. The van der Waals surface area contributed by atoms with Crippen molar-refractivity contribution in [3.8, 4) is 0 Å². The molecule has 3 atom stereocenters. The number of hydrogen-bond donors (Lipinski definition) is 2.